The molecular weight excluding hydrogens is 142 g/mol. The average molecular weight is 155 g/mol. The Bertz CT molecular complexity index is 159. The van der Waals surface area contributed by atoms with E-state index >= 15 is 0 Å². The zero-order valence-electron chi connectivity index (χ0n) is 6.42. The van der Waals surface area contributed by atoms with Gasteiger partial charge in [-0.15, -0.1) is 0 Å². The molecule has 0 aromatic heterocycles. The quantitative estimate of drug-likeness (QED) is 0.587. The van der Waals surface area contributed by atoms with Gasteiger partial charge in [-0.3, -0.25) is 0 Å². The van der Waals surface area contributed by atoms with Crippen molar-refractivity contribution in [3.63, 3.8) is 0 Å². The molecule has 3 heteroatoms. The number of allylic oxidation sites excluding steroid dienone is 1. The summed E-state index contributed by atoms with van der Waals surface area (Å²) in [5.41, 5.74) is 0. The van der Waals surface area contributed by atoms with Crippen LogP contribution < -0.4 is 5.32 Å². The first kappa shape index (κ1) is 8.27. The number of hydrogen-bond acceptors (Lipinski definition) is 2. The van der Waals surface area contributed by atoms with E-state index in [4.69, 9.17) is 5.11 Å². The number of carboxylic acid groups (broad SMARTS) is 1. The van der Waals surface area contributed by atoms with Crippen LogP contribution in [0, 0.1) is 5.92 Å². The van der Waals surface area contributed by atoms with Gasteiger partial charge < -0.3 is 10.4 Å². The molecule has 11 heavy (non-hydrogen) atoms. The minimum atomic E-state index is -0.851. The summed E-state index contributed by atoms with van der Waals surface area (Å²) in [6.07, 6.45) is 5.02. The highest BCUT2D eigenvalue weighted by Crippen LogP contribution is 2.11. The van der Waals surface area contributed by atoms with Crippen molar-refractivity contribution in [2.75, 3.05) is 13.1 Å². The van der Waals surface area contributed by atoms with Crippen LogP contribution in [-0.4, -0.2) is 24.2 Å². The molecule has 1 heterocycles. The molecule has 0 aromatic carbocycles. The summed E-state index contributed by atoms with van der Waals surface area (Å²) < 4.78 is 0. The van der Waals surface area contributed by atoms with Gasteiger partial charge in [0.15, 0.2) is 0 Å². The van der Waals surface area contributed by atoms with Crippen LogP contribution in [0.1, 0.15) is 12.8 Å². The molecule has 62 valence electrons. The number of carbonyl (C=O) groups is 1. The monoisotopic (exact) mass is 155 g/mol. The largest absolute Gasteiger partial charge is 0.478 e. The number of rotatable bonds is 3. The standard InChI is InChI=1S/C8H13NO2/c10-8(11)3-1-2-7-4-5-9-6-7/h1,3,7,9H,2,4-6H2,(H,10,11)/b3-1-. The molecule has 1 aliphatic rings. The van der Waals surface area contributed by atoms with Crippen molar-refractivity contribution in [2.24, 2.45) is 5.92 Å². The highest BCUT2D eigenvalue weighted by molar-refractivity contribution is 5.79. The Labute approximate surface area is 66.1 Å². The lowest BCUT2D eigenvalue weighted by Crippen LogP contribution is -2.08. The molecule has 1 fully saturated rings. The van der Waals surface area contributed by atoms with Crippen LogP contribution in [0.3, 0.4) is 0 Å². The van der Waals surface area contributed by atoms with E-state index in [0.29, 0.717) is 5.92 Å². The van der Waals surface area contributed by atoms with Crippen molar-refractivity contribution in [2.45, 2.75) is 12.8 Å². The Morgan fingerprint density at radius 3 is 3.09 bits per heavy atom. The van der Waals surface area contributed by atoms with Crippen LogP contribution in [0.2, 0.25) is 0 Å². The van der Waals surface area contributed by atoms with Gasteiger partial charge in [0.25, 0.3) is 0 Å². The fourth-order valence-corrected chi connectivity index (χ4v) is 1.28. The van der Waals surface area contributed by atoms with Crippen molar-refractivity contribution >= 4 is 5.97 Å². The third-order valence-corrected chi connectivity index (χ3v) is 1.89. The lowest BCUT2D eigenvalue weighted by molar-refractivity contribution is -0.131. The molecule has 3 nitrogen and oxygen atoms in total. The van der Waals surface area contributed by atoms with E-state index in [1.54, 1.807) is 6.08 Å². The lowest BCUT2D eigenvalue weighted by Gasteiger charge is -2.00. The first-order valence-electron chi connectivity index (χ1n) is 3.89. The van der Waals surface area contributed by atoms with E-state index in [9.17, 15) is 4.79 Å². The highest BCUT2D eigenvalue weighted by Gasteiger charge is 2.11. The van der Waals surface area contributed by atoms with Crippen LogP contribution in [0.4, 0.5) is 0 Å². The molecule has 0 amide bonds. The van der Waals surface area contributed by atoms with Crippen molar-refractivity contribution in [3.8, 4) is 0 Å². The predicted molar refractivity (Wildman–Crippen MR) is 42.4 cm³/mol. The summed E-state index contributed by atoms with van der Waals surface area (Å²) in [5.74, 6) is -0.207. The Kier molecular flexibility index (Phi) is 3.11. The SMILES string of the molecule is O=C(O)/C=C\CC1CCNC1. The fourth-order valence-electron chi connectivity index (χ4n) is 1.28. The Balaban J connectivity index is 2.15. The van der Waals surface area contributed by atoms with Crippen molar-refractivity contribution in [1.29, 1.82) is 0 Å². The summed E-state index contributed by atoms with van der Waals surface area (Å²) in [6, 6.07) is 0. The first-order chi connectivity index (χ1) is 5.29. The molecule has 0 spiro atoms. The van der Waals surface area contributed by atoms with Gasteiger partial charge in [-0.25, -0.2) is 4.79 Å². The molecule has 0 saturated carbocycles. The van der Waals surface area contributed by atoms with E-state index in [1.807, 2.05) is 0 Å². The minimum Gasteiger partial charge on any atom is -0.478 e. The second-order valence-electron chi connectivity index (χ2n) is 2.84. The molecule has 2 N–H and O–H groups in total. The highest BCUT2D eigenvalue weighted by atomic mass is 16.4. The van der Waals surface area contributed by atoms with Gasteiger partial charge in [0.1, 0.15) is 0 Å². The van der Waals surface area contributed by atoms with Gasteiger partial charge in [-0.2, -0.15) is 0 Å². The molecule has 0 bridgehead atoms. The third kappa shape index (κ3) is 3.18. The van der Waals surface area contributed by atoms with Crippen LogP contribution in [0.5, 0.6) is 0 Å². The number of hydrogen-bond donors (Lipinski definition) is 2. The van der Waals surface area contributed by atoms with Gasteiger partial charge >= 0.3 is 5.97 Å². The van der Waals surface area contributed by atoms with Crippen molar-refractivity contribution in [3.05, 3.63) is 12.2 Å². The minimum absolute atomic E-state index is 0.644. The maximum atomic E-state index is 10.1. The summed E-state index contributed by atoms with van der Waals surface area (Å²) in [7, 11) is 0. The maximum Gasteiger partial charge on any atom is 0.327 e. The van der Waals surface area contributed by atoms with Gasteiger partial charge in [0.05, 0.1) is 0 Å². The van der Waals surface area contributed by atoms with E-state index in [1.165, 1.54) is 12.5 Å². The predicted octanol–water partition coefficient (Wildman–Crippen LogP) is 0.627. The summed E-state index contributed by atoms with van der Waals surface area (Å²) in [4.78, 5) is 10.1. The second kappa shape index (κ2) is 4.13. The molecule has 0 aliphatic carbocycles. The fraction of sp³-hybridized carbons (Fsp3) is 0.625. The van der Waals surface area contributed by atoms with E-state index < -0.39 is 5.97 Å². The Hall–Kier alpha value is -0.830. The molecule has 0 aromatic rings. The first-order valence-corrected chi connectivity index (χ1v) is 3.89. The lowest BCUT2D eigenvalue weighted by atomic mass is 10.1. The van der Waals surface area contributed by atoms with Gasteiger partial charge in [0.2, 0.25) is 0 Å². The number of aliphatic carboxylic acids is 1. The smallest absolute Gasteiger partial charge is 0.327 e. The van der Waals surface area contributed by atoms with E-state index in [-0.39, 0.29) is 0 Å². The van der Waals surface area contributed by atoms with Gasteiger partial charge in [-0.05, 0) is 31.8 Å². The summed E-state index contributed by atoms with van der Waals surface area (Å²) in [6.45, 7) is 2.11. The number of carboxylic acids is 1. The Morgan fingerprint density at radius 1 is 1.73 bits per heavy atom. The Morgan fingerprint density at radius 2 is 2.55 bits per heavy atom. The third-order valence-electron chi connectivity index (χ3n) is 1.89. The van der Waals surface area contributed by atoms with Gasteiger partial charge in [0, 0.05) is 6.08 Å². The van der Waals surface area contributed by atoms with Crippen molar-refractivity contribution in [1.82, 2.24) is 5.32 Å². The molecule has 1 rings (SSSR count). The van der Waals surface area contributed by atoms with Crippen LogP contribution in [0.15, 0.2) is 12.2 Å². The molecular formula is C8H13NO2. The zero-order valence-corrected chi connectivity index (χ0v) is 6.42. The van der Waals surface area contributed by atoms with Crippen LogP contribution in [0.25, 0.3) is 0 Å². The average Bonchev–Trinajstić information content (AvgIpc) is 2.39. The van der Waals surface area contributed by atoms with E-state index in [2.05, 4.69) is 5.32 Å². The van der Waals surface area contributed by atoms with Crippen LogP contribution >= 0.6 is 0 Å². The second-order valence-corrected chi connectivity index (χ2v) is 2.84. The van der Waals surface area contributed by atoms with E-state index in [0.717, 1.165) is 19.5 Å². The normalized spacial score (nSPS) is 24.5. The summed E-state index contributed by atoms with van der Waals surface area (Å²) >= 11 is 0. The van der Waals surface area contributed by atoms with Crippen molar-refractivity contribution < 1.29 is 9.90 Å². The van der Waals surface area contributed by atoms with Gasteiger partial charge in [-0.1, -0.05) is 6.08 Å². The van der Waals surface area contributed by atoms with Crippen LogP contribution in [-0.2, 0) is 4.79 Å². The topological polar surface area (TPSA) is 49.3 Å². The summed E-state index contributed by atoms with van der Waals surface area (Å²) in [5, 5.41) is 11.5. The molecule has 1 aliphatic heterocycles. The molecule has 1 unspecified atom stereocenters. The zero-order chi connectivity index (χ0) is 8.10. The molecule has 0 radical (unpaired) electrons. The molecule has 1 atom stereocenters. The number of nitrogens with one attached hydrogen (secondary N) is 1. The molecule has 1 saturated heterocycles. The maximum absolute atomic E-state index is 10.1.